The second-order valence-electron chi connectivity index (χ2n) is 13.5. The lowest BCUT2D eigenvalue weighted by Gasteiger charge is -2.29. The highest BCUT2D eigenvalue weighted by Crippen LogP contribution is 2.41. The predicted octanol–water partition coefficient (Wildman–Crippen LogP) is 12.8. The summed E-state index contributed by atoms with van der Waals surface area (Å²) in [6, 6.07) is 2.84. The minimum absolute atomic E-state index is 0.0329. The second-order valence-corrected chi connectivity index (χ2v) is 13.5. The van der Waals surface area contributed by atoms with Crippen LogP contribution >= 0.6 is 0 Å². The van der Waals surface area contributed by atoms with Crippen LogP contribution in [0.25, 0.3) is 5.70 Å². The van der Waals surface area contributed by atoms with E-state index in [4.69, 9.17) is 11.5 Å². The van der Waals surface area contributed by atoms with Crippen molar-refractivity contribution in [1.82, 2.24) is 0 Å². The molecule has 2 saturated carbocycles. The van der Waals surface area contributed by atoms with Crippen LogP contribution in [0.1, 0.15) is 188 Å². The Morgan fingerprint density at radius 2 is 1.35 bits per heavy atom. The van der Waals surface area contributed by atoms with Crippen molar-refractivity contribution in [2.75, 3.05) is 0 Å². The van der Waals surface area contributed by atoms with Gasteiger partial charge in [0.2, 0.25) is 0 Å². The zero-order chi connectivity index (χ0) is 37.0. The Hall–Kier alpha value is -2.57. The van der Waals surface area contributed by atoms with Gasteiger partial charge in [0.1, 0.15) is 17.3 Å². The van der Waals surface area contributed by atoms with Gasteiger partial charge in [-0.15, -0.1) is 0 Å². The lowest BCUT2D eigenvalue weighted by atomic mass is 9.77. The number of phenols is 1. The van der Waals surface area contributed by atoms with E-state index in [9.17, 15) is 18.7 Å². The standard InChI is InChI=1S/C24H34F2N2O2.C9H20.C7H14O.C2H6/c1-2-5-20(18(14-27)11-16-8-4-9-16)23(28)22-17(10-15-6-3-7-15)12-19(13-21(22)29)30-24(25)26;1-3-5-7-9-8-6-4-2;1-3-5-7(8)6-4-2;1-2/h12-16,24,29H,2-11,27-28H2,1H3;3-9H2,1-2H3;3-6H2,1-2H3;1-2H3/b18-14-,23-20-;;;. The predicted molar refractivity (Wildman–Crippen MR) is 206 cm³/mol. The fourth-order valence-electron chi connectivity index (χ4n) is 6.19. The second kappa shape index (κ2) is 29.2. The van der Waals surface area contributed by atoms with E-state index in [0.29, 0.717) is 35.3 Å². The highest BCUT2D eigenvalue weighted by atomic mass is 19.3. The number of carbonyl (C=O) groups is 1. The molecule has 3 rings (SSSR count). The van der Waals surface area contributed by atoms with Gasteiger partial charge in [0.05, 0.1) is 0 Å². The molecule has 1 aromatic carbocycles. The maximum absolute atomic E-state index is 12.8. The number of carbonyl (C=O) groups excluding carboxylic acids is 1. The summed E-state index contributed by atoms with van der Waals surface area (Å²) < 4.78 is 30.1. The average Bonchev–Trinajstić information content (AvgIpc) is 3.03. The molecule has 0 spiro atoms. The van der Waals surface area contributed by atoms with Crippen molar-refractivity contribution < 1.29 is 23.4 Å². The molecular weight excluding hydrogens is 618 g/mol. The maximum atomic E-state index is 12.8. The van der Waals surface area contributed by atoms with E-state index >= 15 is 0 Å². The van der Waals surface area contributed by atoms with Gasteiger partial charge in [-0.05, 0) is 72.9 Å². The Kier molecular flexibility index (Phi) is 27.7. The van der Waals surface area contributed by atoms with Gasteiger partial charge in [-0.25, -0.2) is 0 Å². The smallest absolute Gasteiger partial charge is 0.387 e. The number of Topliss-reactive ketones (excluding diaryl/α,β-unsaturated/α-hetero) is 1. The van der Waals surface area contributed by atoms with Crippen LogP contribution in [0, 0.1) is 11.8 Å². The summed E-state index contributed by atoms with van der Waals surface area (Å²) in [6.45, 7) is 11.7. The quantitative estimate of drug-likeness (QED) is 0.0933. The molecule has 7 heteroatoms. The summed E-state index contributed by atoms with van der Waals surface area (Å²) in [5, 5.41) is 10.8. The summed E-state index contributed by atoms with van der Waals surface area (Å²) in [6.07, 6.45) is 25.4. The molecular formula is C42H74F2N2O3. The van der Waals surface area contributed by atoms with E-state index in [1.54, 1.807) is 12.3 Å². The van der Waals surface area contributed by atoms with Gasteiger partial charge in [0.15, 0.2) is 0 Å². The highest BCUT2D eigenvalue weighted by Gasteiger charge is 2.26. The number of ether oxygens (including phenoxy) is 1. The van der Waals surface area contributed by atoms with Crippen LogP contribution in [0.2, 0.25) is 0 Å². The van der Waals surface area contributed by atoms with Gasteiger partial charge in [-0.1, -0.05) is 138 Å². The van der Waals surface area contributed by atoms with Gasteiger partial charge in [0, 0.05) is 30.2 Å². The van der Waals surface area contributed by atoms with Crippen molar-refractivity contribution in [2.45, 2.75) is 190 Å². The van der Waals surface area contributed by atoms with E-state index in [1.165, 1.54) is 76.7 Å². The Morgan fingerprint density at radius 3 is 1.76 bits per heavy atom. The molecule has 5 N–H and O–H groups in total. The third-order valence-electron chi connectivity index (χ3n) is 9.31. The van der Waals surface area contributed by atoms with E-state index in [2.05, 4.69) is 25.5 Å². The van der Waals surface area contributed by atoms with Gasteiger partial charge < -0.3 is 21.3 Å². The van der Waals surface area contributed by atoms with Crippen molar-refractivity contribution in [1.29, 1.82) is 0 Å². The molecule has 0 aliphatic heterocycles. The minimum atomic E-state index is -2.94. The van der Waals surface area contributed by atoms with Crippen molar-refractivity contribution in [3.8, 4) is 11.5 Å². The minimum Gasteiger partial charge on any atom is -0.507 e. The van der Waals surface area contributed by atoms with Crippen molar-refractivity contribution in [3.63, 3.8) is 0 Å². The molecule has 0 heterocycles. The molecule has 2 fully saturated rings. The first-order valence-electron chi connectivity index (χ1n) is 19.9. The van der Waals surface area contributed by atoms with Crippen LogP contribution in [0.5, 0.6) is 11.5 Å². The first-order chi connectivity index (χ1) is 23.6. The van der Waals surface area contributed by atoms with Crippen LogP contribution in [0.15, 0.2) is 29.5 Å². The molecule has 284 valence electrons. The molecule has 5 nitrogen and oxygen atoms in total. The van der Waals surface area contributed by atoms with Crippen LogP contribution < -0.4 is 16.2 Å². The fourth-order valence-corrected chi connectivity index (χ4v) is 6.19. The number of halogens is 2. The summed E-state index contributed by atoms with van der Waals surface area (Å²) in [5.41, 5.74) is 16.5. The number of aromatic hydroxyl groups is 1. The Balaban J connectivity index is 0.000000997. The van der Waals surface area contributed by atoms with Gasteiger partial charge in [0.25, 0.3) is 0 Å². The molecule has 1 aromatic rings. The molecule has 2 aliphatic carbocycles. The summed E-state index contributed by atoms with van der Waals surface area (Å²) >= 11 is 0. The first kappa shape index (κ1) is 46.4. The lowest BCUT2D eigenvalue weighted by Crippen LogP contribution is -2.17. The first-order valence-corrected chi connectivity index (χ1v) is 19.9. The Labute approximate surface area is 299 Å². The highest BCUT2D eigenvalue weighted by molar-refractivity contribution is 5.78. The summed E-state index contributed by atoms with van der Waals surface area (Å²) in [5.74, 6) is 1.37. The summed E-state index contributed by atoms with van der Waals surface area (Å²) in [7, 11) is 0. The number of benzene rings is 1. The monoisotopic (exact) mass is 693 g/mol. The molecule has 0 unspecified atom stereocenters. The topological polar surface area (TPSA) is 98.6 Å². The van der Waals surface area contributed by atoms with E-state index in [-0.39, 0.29) is 11.5 Å². The zero-order valence-corrected chi connectivity index (χ0v) is 32.5. The third-order valence-corrected chi connectivity index (χ3v) is 9.31. The zero-order valence-electron chi connectivity index (χ0n) is 32.5. The van der Waals surface area contributed by atoms with Crippen LogP contribution in [0.3, 0.4) is 0 Å². The fraction of sp³-hybridized carbons (Fsp3) is 0.738. The van der Waals surface area contributed by atoms with E-state index in [1.807, 2.05) is 27.7 Å². The molecule has 0 aromatic heterocycles. The molecule has 0 radical (unpaired) electrons. The Bertz CT molecular complexity index is 1050. The maximum Gasteiger partial charge on any atom is 0.387 e. The molecule has 0 saturated heterocycles. The number of unbranched alkanes of at least 4 members (excludes halogenated alkanes) is 6. The molecule has 0 atom stereocenters. The molecule has 0 amide bonds. The number of allylic oxidation sites excluding steroid dienone is 2. The molecule has 2 aliphatic rings. The van der Waals surface area contributed by atoms with Crippen molar-refractivity contribution >= 4 is 11.5 Å². The molecule has 49 heavy (non-hydrogen) atoms. The normalized spacial score (nSPS) is 14.9. The third kappa shape index (κ3) is 19.4. The van der Waals surface area contributed by atoms with E-state index in [0.717, 1.165) is 74.5 Å². The number of hydrogen-bond acceptors (Lipinski definition) is 5. The van der Waals surface area contributed by atoms with Gasteiger partial charge >= 0.3 is 6.61 Å². The lowest BCUT2D eigenvalue weighted by molar-refractivity contribution is -0.119. The van der Waals surface area contributed by atoms with Gasteiger partial charge in [-0.2, -0.15) is 8.78 Å². The van der Waals surface area contributed by atoms with Crippen LogP contribution in [-0.4, -0.2) is 17.5 Å². The largest absolute Gasteiger partial charge is 0.507 e. The number of ketones is 1. The van der Waals surface area contributed by atoms with Crippen molar-refractivity contribution in [2.24, 2.45) is 23.3 Å². The van der Waals surface area contributed by atoms with Gasteiger partial charge in [-0.3, -0.25) is 4.79 Å². The number of nitrogens with two attached hydrogens (primary N) is 2. The SMILES string of the molecule is CC.CCCC(/C(=C\N)CC1CCC1)=C(/N)c1c(O)cc(OC(F)F)cc1CC1CCC1.CCCC(=O)CCC.CCCCCCCCC. The number of rotatable bonds is 20. The number of hydrogen-bond donors (Lipinski definition) is 3. The average molecular weight is 693 g/mol. The van der Waals surface area contributed by atoms with Crippen LogP contribution in [-0.2, 0) is 11.2 Å². The van der Waals surface area contributed by atoms with Crippen LogP contribution in [0.4, 0.5) is 8.78 Å². The number of phenolic OH excluding ortho intramolecular Hbond substituents is 1. The van der Waals surface area contributed by atoms with Crippen molar-refractivity contribution in [3.05, 3.63) is 40.6 Å². The number of alkyl halides is 2. The van der Waals surface area contributed by atoms with E-state index < -0.39 is 6.61 Å². The summed E-state index contributed by atoms with van der Waals surface area (Å²) in [4.78, 5) is 10.6. The molecule has 0 bridgehead atoms. The Morgan fingerprint density at radius 1 is 0.837 bits per heavy atom.